The Morgan fingerprint density at radius 3 is 2.46 bits per heavy atom. The van der Waals surface area contributed by atoms with Gasteiger partial charge in [-0.25, -0.2) is 14.8 Å². The van der Waals surface area contributed by atoms with Crippen molar-refractivity contribution >= 4 is 17.8 Å². The van der Waals surface area contributed by atoms with Crippen LogP contribution < -0.4 is 15.5 Å². The Morgan fingerprint density at radius 1 is 1.11 bits per heavy atom. The summed E-state index contributed by atoms with van der Waals surface area (Å²) in [5.74, 6) is 1.15. The number of alkyl halides is 3. The van der Waals surface area contributed by atoms with Gasteiger partial charge in [-0.2, -0.15) is 18.2 Å². The summed E-state index contributed by atoms with van der Waals surface area (Å²) in [5.41, 5.74) is 0.362. The first kappa shape index (κ1) is 23.1. The summed E-state index contributed by atoms with van der Waals surface area (Å²) >= 11 is 0. The highest BCUT2D eigenvalue weighted by molar-refractivity contribution is 5.96. The van der Waals surface area contributed by atoms with Crippen molar-refractivity contribution in [1.82, 2.24) is 24.8 Å². The summed E-state index contributed by atoms with van der Waals surface area (Å²) in [4.78, 5) is 27.8. The molecule has 0 radical (unpaired) electrons. The first-order valence-corrected chi connectivity index (χ1v) is 11.5. The van der Waals surface area contributed by atoms with E-state index in [1.54, 1.807) is 34.3 Å². The van der Waals surface area contributed by atoms with Crippen molar-refractivity contribution in [2.24, 2.45) is 5.92 Å². The molecule has 3 heterocycles. The van der Waals surface area contributed by atoms with Crippen molar-refractivity contribution in [3.05, 3.63) is 60.3 Å². The van der Waals surface area contributed by atoms with Gasteiger partial charge in [0, 0.05) is 18.1 Å². The topological polar surface area (TPSA) is 88.0 Å². The van der Waals surface area contributed by atoms with E-state index in [-0.39, 0.29) is 29.6 Å². The number of carbonyl (C=O) groups excluding carboxylic acids is 1. The molecule has 1 aliphatic heterocycles. The second-order valence-corrected chi connectivity index (χ2v) is 9.50. The Balaban J connectivity index is 1.32. The molecular weight excluding hydrogens is 459 g/mol. The zero-order valence-electron chi connectivity index (χ0n) is 19.5. The van der Waals surface area contributed by atoms with Crippen LogP contribution >= 0.6 is 0 Å². The lowest BCUT2D eigenvalue weighted by molar-refractivity contribution is -0.137. The third-order valence-electron chi connectivity index (χ3n) is 6.61. The third-order valence-corrected chi connectivity index (χ3v) is 6.61. The summed E-state index contributed by atoms with van der Waals surface area (Å²) in [6, 6.07) is 6.20. The molecule has 1 saturated carbocycles. The van der Waals surface area contributed by atoms with E-state index < -0.39 is 11.7 Å². The standard InChI is InChI=1S/C24H26F3N7O/c1-14(2)20-23(9-10-23)32-22(35)34(20)19-8-11-28-21(31-19)30-15(3)18-12-33(13-29-18)17-6-4-16(5-7-17)24(25,26)27/h4-8,11-15,20H,9-10H2,1-3H3,(H,32,35)(H,28,30,31)/t15-,20?/m0/s1. The number of nitrogens with zero attached hydrogens (tertiary/aromatic N) is 5. The number of rotatable bonds is 6. The molecule has 35 heavy (non-hydrogen) atoms. The molecule has 1 saturated heterocycles. The highest BCUT2D eigenvalue weighted by Crippen LogP contribution is 2.48. The number of urea groups is 1. The van der Waals surface area contributed by atoms with Crippen molar-refractivity contribution in [2.45, 2.75) is 57.4 Å². The Morgan fingerprint density at radius 2 is 1.83 bits per heavy atom. The smallest absolute Gasteiger partial charge is 0.346 e. The van der Waals surface area contributed by atoms with Crippen LogP contribution in [0.5, 0.6) is 0 Å². The van der Waals surface area contributed by atoms with E-state index in [9.17, 15) is 18.0 Å². The highest BCUT2D eigenvalue weighted by Gasteiger charge is 2.60. The number of hydrogen-bond donors (Lipinski definition) is 2. The summed E-state index contributed by atoms with van der Waals surface area (Å²) < 4.78 is 40.1. The van der Waals surface area contributed by atoms with E-state index in [0.717, 1.165) is 25.0 Å². The fourth-order valence-corrected chi connectivity index (χ4v) is 4.80. The summed E-state index contributed by atoms with van der Waals surface area (Å²) in [6.07, 6.45) is 2.45. The normalized spacial score (nSPS) is 19.8. The van der Waals surface area contributed by atoms with E-state index in [2.05, 4.69) is 39.4 Å². The van der Waals surface area contributed by atoms with Gasteiger partial charge < -0.3 is 15.2 Å². The first-order valence-electron chi connectivity index (χ1n) is 11.5. The number of anilines is 2. The van der Waals surface area contributed by atoms with Crippen LogP contribution in [-0.2, 0) is 6.18 Å². The van der Waals surface area contributed by atoms with Crippen LogP contribution in [0.2, 0.25) is 0 Å². The van der Waals surface area contributed by atoms with E-state index >= 15 is 0 Å². The van der Waals surface area contributed by atoms with Crippen molar-refractivity contribution in [2.75, 3.05) is 10.2 Å². The van der Waals surface area contributed by atoms with Crippen molar-refractivity contribution < 1.29 is 18.0 Å². The number of hydrogen-bond acceptors (Lipinski definition) is 5. The van der Waals surface area contributed by atoms with Crippen molar-refractivity contribution in [1.29, 1.82) is 0 Å². The molecule has 1 aromatic carbocycles. The van der Waals surface area contributed by atoms with Crippen molar-refractivity contribution in [3.8, 4) is 5.69 Å². The van der Waals surface area contributed by atoms with E-state index in [4.69, 9.17) is 0 Å². The zero-order valence-corrected chi connectivity index (χ0v) is 19.5. The van der Waals surface area contributed by atoms with E-state index in [1.807, 2.05) is 6.92 Å². The molecule has 8 nitrogen and oxygen atoms in total. The average molecular weight is 486 g/mol. The lowest BCUT2D eigenvalue weighted by Gasteiger charge is -2.29. The molecule has 2 fully saturated rings. The summed E-state index contributed by atoms with van der Waals surface area (Å²) in [5, 5.41) is 6.34. The number of carbonyl (C=O) groups is 1. The van der Waals surface area contributed by atoms with Gasteiger partial charge in [0.2, 0.25) is 5.95 Å². The van der Waals surface area contributed by atoms with Gasteiger partial charge in [0.15, 0.2) is 0 Å². The average Bonchev–Trinajstić information content (AvgIpc) is 3.27. The Hall–Kier alpha value is -3.63. The first-order chi connectivity index (χ1) is 16.6. The van der Waals surface area contributed by atoms with Crippen LogP contribution in [0.4, 0.5) is 29.7 Å². The number of halogens is 3. The van der Waals surface area contributed by atoms with Crippen molar-refractivity contribution in [3.63, 3.8) is 0 Å². The molecule has 1 spiro atoms. The van der Waals surface area contributed by atoms with Gasteiger partial charge in [-0.15, -0.1) is 0 Å². The number of nitrogens with one attached hydrogen (secondary N) is 2. The Labute approximate surface area is 200 Å². The monoisotopic (exact) mass is 485 g/mol. The molecule has 2 atom stereocenters. The van der Waals surface area contributed by atoms with Crippen LogP contribution in [0.3, 0.4) is 0 Å². The number of imidazole rings is 1. The molecule has 11 heteroatoms. The fraction of sp³-hybridized carbons (Fsp3) is 0.417. The molecule has 2 amide bonds. The van der Waals surface area contributed by atoms with Crippen LogP contribution in [-0.4, -0.2) is 37.1 Å². The molecule has 5 rings (SSSR count). The van der Waals surface area contributed by atoms with Crippen LogP contribution in [0.25, 0.3) is 5.69 Å². The predicted octanol–water partition coefficient (Wildman–Crippen LogP) is 4.94. The lowest BCUT2D eigenvalue weighted by Crippen LogP contribution is -2.43. The zero-order chi connectivity index (χ0) is 25.0. The molecule has 2 aliphatic rings. The molecule has 2 aromatic heterocycles. The maximum atomic E-state index is 12.8. The molecule has 1 unspecified atom stereocenters. The van der Waals surface area contributed by atoms with Gasteiger partial charge in [0.05, 0.1) is 35.2 Å². The minimum Gasteiger partial charge on any atom is -0.346 e. The maximum Gasteiger partial charge on any atom is 0.416 e. The Bertz CT molecular complexity index is 1230. The van der Waals surface area contributed by atoms with Gasteiger partial charge >= 0.3 is 12.2 Å². The third kappa shape index (κ3) is 4.30. The molecule has 1 aliphatic carbocycles. The largest absolute Gasteiger partial charge is 0.416 e. The second-order valence-electron chi connectivity index (χ2n) is 9.50. The molecule has 2 N–H and O–H groups in total. The van der Waals surface area contributed by atoms with Gasteiger partial charge in [-0.1, -0.05) is 13.8 Å². The van der Waals surface area contributed by atoms with E-state index in [1.165, 1.54) is 12.1 Å². The van der Waals surface area contributed by atoms with E-state index in [0.29, 0.717) is 23.1 Å². The molecule has 0 bridgehead atoms. The van der Waals surface area contributed by atoms with Crippen LogP contribution in [0.15, 0.2) is 49.1 Å². The predicted molar refractivity (Wildman–Crippen MR) is 124 cm³/mol. The Kier molecular flexibility index (Phi) is 5.45. The maximum absolute atomic E-state index is 12.8. The molecule has 184 valence electrons. The van der Waals surface area contributed by atoms with Crippen LogP contribution in [0.1, 0.15) is 50.9 Å². The van der Waals surface area contributed by atoms with Crippen LogP contribution in [0, 0.1) is 5.92 Å². The molecular formula is C24H26F3N7O. The number of amides is 2. The number of aromatic nitrogens is 4. The summed E-state index contributed by atoms with van der Waals surface area (Å²) in [7, 11) is 0. The quantitative estimate of drug-likeness (QED) is 0.516. The SMILES string of the molecule is CC(C)C1N(c2ccnc(N[C@@H](C)c3cn(-c4ccc(C(F)(F)F)cc4)cn3)n2)C(=O)NC12CC2. The second kappa shape index (κ2) is 8.24. The van der Waals surface area contributed by atoms with Gasteiger partial charge in [0.1, 0.15) is 5.82 Å². The minimum absolute atomic E-state index is 0.0228. The number of benzene rings is 1. The minimum atomic E-state index is -4.38. The molecule has 3 aromatic rings. The fourth-order valence-electron chi connectivity index (χ4n) is 4.80. The lowest BCUT2D eigenvalue weighted by atomic mass is 9.95. The van der Waals surface area contributed by atoms with Gasteiger partial charge in [-0.05, 0) is 56.0 Å². The van der Waals surface area contributed by atoms with Gasteiger partial charge in [0.25, 0.3) is 0 Å². The van der Waals surface area contributed by atoms with Gasteiger partial charge in [-0.3, -0.25) is 4.90 Å². The highest BCUT2D eigenvalue weighted by atomic mass is 19.4. The summed E-state index contributed by atoms with van der Waals surface area (Å²) in [6.45, 7) is 6.09.